The van der Waals surface area contributed by atoms with Crippen LogP contribution >= 0.6 is 38.6 Å². The molecule has 0 aromatic carbocycles. The Bertz CT molecular complexity index is 539. The van der Waals surface area contributed by atoms with E-state index in [4.69, 9.17) is 5.73 Å². The van der Waals surface area contributed by atoms with Crippen LogP contribution < -0.4 is 5.73 Å². The standard InChI is InChI=1S/C9H9BrN4OS2/c1-14(3-5-2-6(10)16-4-5)8(15)7-12-13-9(11)17-7/h2,4H,3H2,1H3,(H2,11,13). The molecule has 8 heteroatoms. The van der Waals surface area contributed by atoms with Gasteiger partial charge in [-0.2, -0.15) is 0 Å². The molecule has 0 radical (unpaired) electrons. The number of aromatic nitrogens is 2. The first kappa shape index (κ1) is 12.5. The van der Waals surface area contributed by atoms with Crippen LogP contribution in [0.25, 0.3) is 0 Å². The van der Waals surface area contributed by atoms with Gasteiger partial charge in [0.15, 0.2) is 0 Å². The highest BCUT2D eigenvalue weighted by molar-refractivity contribution is 9.11. The van der Waals surface area contributed by atoms with Crippen molar-refractivity contribution in [3.05, 3.63) is 25.8 Å². The van der Waals surface area contributed by atoms with Gasteiger partial charge in [-0.1, -0.05) is 11.3 Å². The van der Waals surface area contributed by atoms with E-state index in [1.807, 2.05) is 11.4 Å². The maximum Gasteiger partial charge on any atom is 0.284 e. The van der Waals surface area contributed by atoms with Crippen molar-refractivity contribution < 1.29 is 4.79 Å². The quantitative estimate of drug-likeness (QED) is 0.935. The lowest BCUT2D eigenvalue weighted by Crippen LogP contribution is -2.25. The molecule has 2 aromatic heterocycles. The first-order valence-electron chi connectivity index (χ1n) is 4.63. The largest absolute Gasteiger partial charge is 0.374 e. The molecule has 0 aliphatic rings. The Morgan fingerprint density at radius 3 is 2.88 bits per heavy atom. The van der Waals surface area contributed by atoms with Crippen molar-refractivity contribution in [2.24, 2.45) is 0 Å². The number of nitrogens with two attached hydrogens (primary N) is 1. The van der Waals surface area contributed by atoms with Crippen LogP contribution in [0.4, 0.5) is 5.13 Å². The second kappa shape index (κ2) is 5.11. The molecular formula is C9H9BrN4OS2. The summed E-state index contributed by atoms with van der Waals surface area (Å²) in [5, 5.41) is 9.98. The Balaban J connectivity index is 2.05. The van der Waals surface area contributed by atoms with E-state index in [1.165, 1.54) is 0 Å². The first-order chi connectivity index (χ1) is 8.06. The molecule has 0 aliphatic carbocycles. The number of hydrogen-bond donors (Lipinski definition) is 1. The molecule has 0 atom stereocenters. The summed E-state index contributed by atoms with van der Waals surface area (Å²) in [6, 6.07) is 1.99. The van der Waals surface area contributed by atoms with Crippen LogP contribution in [0, 0.1) is 0 Å². The topological polar surface area (TPSA) is 72.1 Å². The average Bonchev–Trinajstić information content (AvgIpc) is 2.87. The summed E-state index contributed by atoms with van der Waals surface area (Å²) in [4.78, 5) is 13.5. The molecule has 1 amide bonds. The van der Waals surface area contributed by atoms with E-state index < -0.39 is 0 Å². The van der Waals surface area contributed by atoms with Gasteiger partial charge in [0.25, 0.3) is 5.91 Å². The van der Waals surface area contributed by atoms with Crippen molar-refractivity contribution in [1.82, 2.24) is 15.1 Å². The van der Waals surface area contributed by atoms with Gasteiger partial charge in [0.1, 0.15) is 0 Å². The summed E-state index contributed by atoms with van der Waals surface area (Å²) in [6.07, 6.45) is 0. The molecule has 0 aliphatic heterocycles. The highest BCUT2D eigenvalue weighted by atomic mass is 79.9. The second-order valence-electron chi connectivity index (χ2n) is 3.37. The fourth-order valence-electron chi connectivity index (χ4n) is 1.26. The Labute approximate surface area is 114 Å². The Kier molecular flexibility index (Phi) is 3.75. The summed E-state index contributed by atoms with van der Waals surface area (Å²) in [5.74, 6) is -0.165. The number of halogens is 1. The minimum Gasteiger partial charge on any atom is -0.374 e. The second-order valence-corrected chi connectivity index (χ2v) is 6.67. The predicted octanol–water partition coefficient (Wildman–Crippen LogP) is 2.22. The lowest BCUT2D eigenvalue weighted by Gasteiger charge is -2.13. The van der Waals surface area contributed by atoms with Gasteiger partial charge in [-0.3, -0.25) is 4.79 Å². The van der Waals surface area contributed by atoms with Gasteiger partial charge in [-0.15, -0.1) is 21.5 Å². The molecule has 2 N–H and O–H groups in total. The number of rotatable bonds is 3. The predicted molar refractivity (Wildman–Crippen MR) is 72.1 cm³/mol. The van der Waals surface area contributed by atoms with Crippen molar-refractivity contribution >= 4 is 49.6 Å². The molecule has 0 bridgehead atoms. The van der Waals surface area contributed by atoms with Crippen LogP contribution in [-0.2, 0) is 6.54 Å². The van der Waals surface area contributed by atoms with E-state index in [-0.39, 0.29) is 5.91 Å². The minimum absolute atomic E-state index is 0.165. The normalized spacial score (nSPS) is 10.5. The molecule has 90 valence electrons. The third kappa shape index (κ3) is 3.02. The first-order valence-corrected chi connectivity index (χ1v) is 7.12. The van der Waals surface area contributed by atoms with Crippen molar-refractivity contribution in [3.8, 4) is 0 Å². The van der Waals surface area contributed by atoms with Gasteiger partial charge >= 0.3 is 0 Å². The van der Waals surface area contributed by atoms with Gasteiger partial charge in [-0.25, -0.2) is 0 Å². The minimum atomic E-state index is -0.165. The van der Waals surface area contributed by atoms with E-state index in [1.54, 1.807) is 23.3 Å². The molecule has 0 spiro atoms. The number of nitrogen functional groups attached to an aromatic ring is 1. The van der Waals surface area contributed by atoms with Crippen LogP contribution in [0.15, 0.2) is 15.2 Å². The molecule has 17 heavy (non-hydrogen) atoms. The van der Waals surface area contributed by atoms with Gasteiger partial charge in [0, 0.05) is 13.6 Å². The lowest BCUT2D eigenvalue weighted by atomic mass is 10.3. The number of amides is 1. The maximum absolute atomic E-state index is 11.9. The number of carbonyl (C=O) groups excluding carboxylic acids is 1. The van der Waals surface area contributed by atoms with Crippen LogP contribution in [0.5, 0.6) is 0 Å². The zero-order valence-corrected chi connectivity index (χ0v) is 12.1. The zero-order chi connectivity index (χ0) is 12.4. The SMILES string of the molecule is CN(Cc1csc(Br)c1)C(=O)c1nnc(N)s1. The summed E-state index contributed by atoms with van der Waals surface area (Å²) < 4.78 is 1.05. The number of anilines is 1. The number of hydrogen-bond acceptors (Lipinski definition) is 6. The molecule has 2 aromatic rings. The van der Waals surface area contributed by atoms with Gasteiger partial charge in [-0.05, 0) is 32.9 Å². The van der Waals surface area contributed by atoms with Gasteiger partial charge < -0.3 is 10.6 Å². The maximum atomic E-state index is 11.9. The van der Waals surface area contributed by atoms with Crippen molar-refractivity contribution in [3.63, 3.8) is 0 Å². The van der Waals surface area contributed by atoms with Crippen LogP contribution in [0.3, 0.4) is 0 Å². The van der Waals surface area contributed by atoms with Crippen LogP contribution in [0.1, 0.15) is 15.4 Å². The van der Waals surface area contributed by atoms with Gasteiger partial charge in [0.05, 0.1) is 3.79 Å². The molecule has 5 nitrogen and oxygen atoms in total. The van der Waals surface area contributed by atoms with E-state index >= 15 is 0 Å². The summed E-state index contributed by atoms with van der Waals surface area (Å²) in [5.41, 5.74) is 6.52. The Hall–Kier alpha value is -0.990. The molecule has 0 saturated heterocycles. The smallest absolute Gasteiger partial charge is 0.284 e. The highest BCUT2D eigenvalue weighted by Gasteiger charge is 2.17. The fraction of sp³-hybridized carbons (Fsp3) is 0.222. The van der Waals surface area contributed by atoms with E-state index in [0.717, 1.165) is 20.7 Å². The van der Waals surface area contributed by atoms with E-state index in [2.05, 4.69) is 26.1 Å². The molecule has 0 saturated carbocycles. The monoisotopic (exact) mass is 332 g/mol. The van der Waals surface area contributed by atoms with Gasteiger partial charge in [0.2, 0.25) is 10.1 Å². The van der Waals surface area contributed by atoms with E-state index in [9.17, 15) is 4.79 Å². The summed E-state index contributed by atoms with van der Waals surface area (Å²) >= 11 is 6.07. The van der Waals surface area contributed by atoms with Crippen LogP contribution in [-0.4, -0.2) is 28.1 Å². The zero-order valence-electron chi connectivity index (χ0n) is 8.88. The van der Waals surface area contributed by atoms with Crippen molar-refractivity contribution in [1.29, 1.82) is 0 Å². The molecule has 0 fully saturated rings. The van der Waals surface area contributed by atoms with E-state index in [0.29, 0.717) is 16.7 Å². The Morgan fingerprint density at radius 2 is 2.35 bits per heavy atom. The summed E-state index contributed by atoms with van der Waals surface area (Å²) in [6.45, 7) is 0.542. The average molecular weight is 333 g/mol. The number of carbonyl (C=O) groups is 1. The third-order valence-corrected chi connectivity index (χ3v) is 4.31. The van der Waals surface area contributed by atoms with Crippen molar-refractivity contribution in [2.45, 2.75) is 6.54 Å². The third-order valence-electron chi connectivity index (χ3n) is 2.01. The molecule has 2 rings (SSSR count). The van der Waals surface area contributed by atoms with Crippen LogP contribution in [0.2, 0.25) is 0 Å². The fourth-order valence-corrected chi connectivity index (χ4v) is 3.06. The van der Waals surface area contributed by atoms with Crippen molar-refractivity contribution in [2.75, 3.05) is 12.8 Å². The molecule has 0 unspecified atom stereocenters. The number of thiophene rings is 1. The number of nitrogens with zero attached hydrogens (tertiary/aromatic N) is 3. The molecular weight excluding hydrogens is 324 g/mol. The molecule has 2 heterocycles. The Morgan fingerprint density at radius 1 is 1.59 bits per heavy atom. The lowest BCUT2D eigenvalue weighted by molar-refractivity contribution is 0.0784. The highest BCUT2D eigenvalue weighted by Crippen LogP contribution is 2.22. The summed E-state index contributed by atoms with van der Waals surface area (Å²) in [7, 11) is 1.73.